The van der Waals surface area contributed by atoms with Gasteiger partial charge < -0.3 is 88.9 Å². The Morgan fingerprint density at radius 1 is 0.716 bits per heavy atom. The number of aromatic hydroxyl groups is 1. The normalized spacial score (nSPS) is 14.7. The number of nitrogens with zero attached hydrogens (tertiary/aromatic N) is 3. The zero-order chi connectivity index (χ0) is 63.0. The Morgan fingerprint density at radius 2 is 1.35 bits per heavy atom. The molecule has 0 bridgehead atoms. The molecule has 17 N–H and O–H groups in total. The molecule has 29 nitrogen and oxygen atoms in total. The van der Waals surface area contributed by atoms with Crippen molar-refractivity contribution in [2.24, 2.45) is 22.4 Å². The fourth-order valence-electron chi connectivity index (χ4n) is 9.61. The number of carbonyl (C=O) groups is 10. The first kappa shape index (κ1) is 69.0. The number of guanidine groups is 1. The van der Waals surface area contributed by atoms with Gasteiger partial charge in [-0.25, -0.2) is 9.78 Å². The SMILES string of the molecule is CC(C)C[C@H](NC(=O)CNC(=O)[C@H](Cc1ccc(O)cc1)NC(=O)[C@H](CO)NC(=O)[C@H](Cc1c[nH]c2ccccc12)NC(=O)[C@H](Cc1cnc[nH]1)NC(=O)OCc1ccccc1)C(=O)N[C@@H](CCCN=C(N)N)C(=O)N1CCC[C@H]1C(=O)NCC(=O)O.Cl. The van der Waals surface area contributed by atoms with Gasteiger partial charge in [-0.2, -0.15) is 0 Å². The van der Waals surface area contributed by atoms with Crippen LogP contribution in [0.25, 0.3) is 10.9 Å². The summed E-state index contributed by atoms with van der Waals surface area (Å²) in [6, 6.07) is 12.0. The van der Waals surface area contributed by atoms with E-state index in [0.717, 1.165) is 0 Å². The molecule has 1 fully saturated rings. The first-order valence-corrected chi connectivity index (χ1v) is 28.2. The lowest BCUT2D eigenvalue weighted by atomic mass is 10.0. The molecule has 0 saturated carbocycles. The lowest BCUT2D eigenvalue weighted by molar-refractivity contribution is -0.143. The number of H-pyrrole nitrogens is 2. The number of aromatic amines is 2. The van der Waals surface area contributed by atoms with Crippen LogP contribution < -0.4 is 54.0 Å². The summed E-state index contributed by atoms with van der Waals surface area (Å²) in [7, 11) is 0. The van der Waals surface area contributed by atoms with Crippen LogP contribution in [0.4, 0.5) is 4.79 Å². The van der Waals surface area contributed by atoms with E-state index in [1.54, 1.807) is 74.6 Å². The summed E-state index contributed by atoms with van der Waals surface area (Å²) < 4.78 is 5.40. The Bertz CT molecular complexity index is 3200. The average Bonchev–Trinajstić information content (AvgIpc) is 3.85. The number of aliphatic hydroxyl groups excluding tert-OH is 1. The Morgan fingerprint density at radius 3 is 2.01 bits per heavy atom. The minimum atomic E-state index is -1.76. The molecular weight excluding hydrogens is 1170 g/mol. The average molecular weight is 1240 g/mol. The number of nitrogens with one attached hydrogen (secondary N) is 10. The first-order valence-electron chi connectivity index (χ1n) is 28.2. The summed E-state index contributed by atoms with van der Waals surface area (Å²) in [5, 5.41) is 50.8. The van der Waals surface area contributed by atoms with Crippen molar-refractivity contribution in [3.63, 3.8) is 0 Å². The molecule has 30 heteroatoms. The number of hydrogen-bond acceptors (Lipinski definition) is 15. The molecule has 88 heavy (non-hydrogen) atoms. The third-order valence-electron chi connectivity index (χ3n) is 14.0. The Labute approximate surface area is 512 Å². The number of para-hydroxylation sites is 1. The fraction of sp³-hybridized carbons (Fsp3) is 0.414. The van der Waals surface area contributed by atoms with Crippen molar-refractivity contribution in [2.75, 3.05) is 32.8 Å². The number of phenolic OH excluding ortho intramolecular Hbond substituents is 1. The van der Waals surface area contributed by atoms with E-state index in [9.17, 15) is 58.2 Å². The molecule has 3 aromatic carbocycles. The number of ether oxygens (including phenoxy) is 1. The molecule has 474 valence electrons. The second-order valence-electron chi connectivity index (χ2n) is 21.1. The number of imidazole rings is 1. The highest BCUT2D eigenvalue weighted by Crippen LogP contribution is 2.22. The van der Waals surface area contributed by atoms with Gasteiger partial charge >= 0.3 is 12.1 Å². The standard InChI is InChI=1S/C58H75N15O14.ClH/c1-33(2)22-42(51(80)68-41(14-8-20-62-57(59)60)56(85)73-21-9-15-47(73)55(84)65-29-49(77)78)67-48(76)28-64-50(79)43(23-34-16-18-38(75)19-17-34)69-54(83)46(30-74)71-52(81)44(24-36-26-63-40-13-7-6-12-39(36)40)70-53(82)45(25-37-27-61-32-66-37)72-58(86)87-31-35-10-4-3-5-11-35;/h3-7,10-13,16-19,26-27,32-33,41-47,63,74-75H,8-9,14-15,20-25,28-31H2,1-2H3,(H,61,66)(H,64,79)(H,65,84)(H,67,76)(H,68,80)(H,69,83)(H,70,82)(H,71,81)(H,72,86)(H,77,78)(H4,59,60,62);1H/t41-,42-,43-,44-,45-,46-,47-;/m0./s1. The highest BCUT2D eigenvalue weighted by molar-refractivity contribution is 5.98. The molecule has 1 aliphatic heterocycles. The van der Waals surface area contributed by atoms with E-state index < -0.39 is 121 Å². The van der Waals surface area contributed by atoms with Crippen LogP contribution in [-0.2, 0) is 73.8 Å². The number of fused-ring (bicyclic) bond motifs is 1. The summed E-state index contributed by atoms with van der Waals surface area (Å²) >= 11 is 0. The summed E-state index contributed by atoms with van der Waals surface area (Å²) in [6.07, 6.45) is 3.90. The zero-order valence-corrected chi connectivity index (χ0v) is 49.3. The fourth-order valence-corrected chi connectivity index (χ4v) is 9.61. The molecule has 7 atom stereocenters. The number of carboxylic acid groups (broad SMARTS) is 1. The van der Waals surface area contributed by atoms with Crippen molar-refractivity contribution < 1.29 is 68.0 Å². The van der Waals surface area contributed by atoms with E-state index >= 15 is 0 Å². The van der Waals surface area contributed by atoms with Crippen LogP contribution in [0.3, 0.4) is 0 Å². The van der Waals surface area contributed by atoms with E-state index in [-0.39, 0.29) is 94.7 Å². The highest BCUT2D eigenvalue weighted by Gasteiger charge is 2.39. The van der Waals surface area contributed by atoms with Gasteiger partial charge in [-0.05, 0) is 72.9 Å². The molecule has 0 aliphatic carbocycles. The van der Waals surface area contributed by atoms with E-state index in [2.05, 4.69) is 62.5 Å². The van der Waals surface area contributed by atoms with E-state index in [1.165, 1.54) is 41.7 Å². The molecule has 5 aromatic rings. The van der Waals surface area contributed by atoms with Gasteiger partial charge in [0.1, 0.15) is 61.2 Å². The van der Waals surface area contributed by atoms with Crippen LogP contribution >= 0.6 is 12.4 Å². The minimum Gasteiger partial charge on any atom is -0.508 e. The van der Waals surface area contributed by atoms with Crippen molar-refractivity contribution in [3.8, 4) is 5.75 Å². The molecular formula is C58H76ClN15O14. The second kappa shape index (κ2) is 34.4. The molecule has 0 spiro atoms. The maximum atomic E-state index is 14.5. The Balaban J connectivity index is 0.0000141. The zero-order valence-electron chi connectivity index (χ0n) is 48.5. The smallest absolute Gasteiger partial charge is 0.408 e. The number of carbonyl (C=O) groups excluding carboxylic acids is 9. The van der Waals surface area contributed by atoms with Crippen LogP contribution in [0.5, 0.6) is 5.75 Å². The molecule has 6 rings (SSSR count). The van der Waals surface area contributed by atoms with Crippen molar-refractivity contribution in [1.29, 1.82) is 0 Å². The van der Waals surface area contributed by atoms with E-state index in [0.29, 0.717) is 39.7 Å². The second-order valence-corrected chi connectivity index (χ2v) is 21.1. The number of carboxylic acids is 1. The lowest BCUT2D eigenvalue weighted by Gasteiger charge is -2.30. The van der Waals surface area contributed by atoms with Crippen molar-refractivity contribution in [2.45, 2.75) is 114 Å². The van der Waals surface area contributed by atoms with Crippen LogP contribution in [0, 0.1) is 5.92 Å². The third kappa shape index (κ3) is 21.6. The number of benzene rings is 3. The van der Waals surface area contributed by atoms with Gasteiger partial charge in [-0.1, -0.05) is 74.5 Å². The van der Waals surface area contributed by atoms with Crippen molar-refractivity contribution in [1.82, 2.24) is 62.4 Å². The monoisotopic (exact) mass is 1240 g/mol. The van der Waals surface area contributed by atoms with Gasteiger partial charge in [-0.15, -0.1) is 12.4 Å². The van der Waals surface area contributed by atoms with Gasteiger partial charge in [0.15, 0.2) is 5.96 Å². The molecule has 3 heterocycles. The topological polar surface area (TPSA) is 449 Å². The van der Waals surface area contributed by atoms with Crippen LogP contribution in [-0.4, -0.2) is 176 Å². The Hall–Kier alpha value is -9.77. The van der Waals surface area contributed by atoms with Gasteiger partial charge in [0.2, 0.25) is 47.3 Å². The van der Waals surface area contributed by atoms with Gasteiger partial charge in [0.05, 0.1) is 19.5 Å². The number of aliphatic carboxylic acids is 1. The number of amides is 9. The Kier molecular flexibility index (Phi) is 27.0. The third-order valence-corrected chi connectivity index (χ3v) is 14.0. The van der Waals surface area contributed by atoms with Crippen molar-refractivity contribution >= 4 is 88.6 Å². The maximum Gasteiger partial charge on any atom is 0.408 e. The van der Waals surface area contributed by atoms with E-state index in [1.807, 2.05) is 0 Å². The van der Waals surface area contributed by atoms with Crippen LogP contribution in [0.15, 0.2) is 103 Å². The number of aliphatic hydroxyl groups is 1. The number of rotatable bonds is 32. The maximum absolute atomic E-state index is 14.5. The summed E-state index contributed by atoms with van der Waals surface area (Å²) in [6.45, 7) is 1.23. The number of phenols is 1. The number of hydrogen-bond donors (Lipinski definition) is 15. The number of nitrogens with two attached hydrogens (primary N) is 2. The van der Waals surface area contributed by atoms with Gasteiger partial charge in [0, 0.05) is 61.3 Å². The number of likely N-dealkylation sites (tertiary alicyclic amines) is 1. The molecule has 9 amide bonds. The molecule has 0 unspecified atom stereocenters. The quantitative estimate of drug-likeness (QED) is 0.0142. The van der Waals surface area contributed by atoms with Crippen LogP contribution in [0.2, 0.25) is 0 Å². The first-order chi connectivity index (χ1) is 41.7. The van der Waals surface area contributed by atoms with E-state index in [4.69, 9.17) is 21.3 Å². The molecule has 0 radical (unpaired) electrons. The van der Waals surface area contributed by atoms with Crippen LogP contribution in [0.1, 0.15) is 68.3 Å². The number of aliphatic imine (C=N–C) groups is 1. The summed E-state index contributed by atoms with van der Waals surface area (Å²) in [5.41, 5.74) is 13.8. The molecule has 1 saturated heterocycles. The van der Waals surface area contributed by atoms with Crippen molar-refractivity contribution in [3.05, 3.63) is 120 Å². The molecule has 2 aromatic heterocycles. The lowest BCUT2D eigenvalue weighted by Crippen LogP contribution is -2.60. The number of aromatic nitrogens is 3. The van der Waals surface area contributed by atoms with Gasteiger partial charge in [-0.3, -0.25) is 48.1 Å². The predicted molar refractivity (Wildman–Crippen MR) is 321 cm³/mol. The predicted octanol–water partition coefficient (Wildman–Crippen LogP) is -0.835. The number of alkyl carbamates (subject to hydrolysis) is 1. The summed E-state index contributed by atoms with van der Waals surface area (Å²) in [4.78, 5) is 152. The minimum absolute atomic E-state index is 0. The largest absolute Gasteiger partial charge is 0.508 e. The molecule has 1 aliphatic rings. The van der Waals surface area contributed by atoms with Gasteiger partial charge in [0.25, 0.3) is 0 Å². The highest BCUT2D eigenvalue weighted by atomic mass is 35.5. The number of halogens is 1. The summed E-state index contributed by atoms with van der Waals surface area (Å²) in [5.74, 6) is -8.54.